The number of fused-ring (bicyclic) bond motifs is 1. The Bertz CT molecular complexity index is 1190. The summed E-state index contributed by atoms with van der Waals surface area (Å²) in [6, 6.07) is 27.2. The number of nitrogens with zero attached hydrogens (tertiary/aromatic N) is 2. The van der Waals surface area contributed by atoms with Crippen molar-refractivity contribution in [2.75, 3.05) is 10.7 Å². The summed E-state index contributed by atoms with van der Waals surface area (Å²) in [6.07, 6.45) is 0. The van der Waals surface area contributed by atoms with Gasteiger partial charge in [-0.15, -0.1) is 11.3 Å². The summed E-state index contributed by atoms with van der Waals surface area (Å²) in [4.78, 5) is 4.75. The normalized spacial score (nSPS) is 11.3. The first-order valence-corrected chi connectivity index (χ1v) is 9.27. The van der Waals surface area contributed by atoms with Crippen LogP contribution < -0.4 is 20.8 Å². The standard InChI is InChI=1S/C21H17N5S/c22-20-19(26-25-16-11-5-2-6-12-16)21(23-15-9-3-1-4-10-15)24-17-13-7-8-14-18(17)27-20/h1-14,22,25H,(H,23,24)/b22-20?,26-19+. The van der Waals surface area contributed by atoms with E-state index < -0.39 is 0 Å². The van der Waals surface area contributed by atoms with Gasteiger partial charge < -0.3 is 5.32 Å². The molecule has 0 atom stereocenters. The van der Waals surface area contributed by atoms with Crippen LogP contribution >= 0.6 is 11.3 Å². The second-order valence-corrected chi connectivity index (χ2v) is 6.84. The quantitative estimate of drug-likeness (QED) is 0.464. The lowest BCUT2D eigenvalue weighted by atomic mass is 10.3. The number of anilines is 3. The number of nitrogens with one attached hydrogen (secondary N) is 3. The van der Waals surface area contributed by atoms with Gasteiger partial charge in [0.2, 0.25) is 0 Å². The molecule has 0 saturated heterocycles. The van der Waals surface area contributed by atoms with E-state index in [4.69, 9.17) is 10.4 Å². The highest BCUT2D eigenvalue weighted by molar-refractivity contribution is 7.15. The Kier molecular flexibility index (Phi) is 4.89. The number of hydrogen-bond acceptors (Lipinski definition) is 6. The van der Waals surface area contributed by atoms with E-state index in [1.165, 1.54) is 11.3 Å². The fraction of sp³-hybridized carbons (Fsp3) is 0. The number of hydrogen-bond donors (Lipinski definition) is 3. The smallest absolute Gasteiger partial charge is 0.162 e. The van der Waals surface area contributed by atoms with Crippen LogP contribution in [0.2, 0.25) is 0 Å². The van der Waals surface area contributed by atoms with E-state index in [1.807, 2.05) is 84.9 Å². The van der Waals surface area contributed by atoms with Crippen LogP contribution in [0.3, 0.4) is 0 Å². The maximum atomic E-state index is 8.55. The molecule has 6 heteroatoms. The molecular formula is C21H17N5S. The summed E-state index contributed by atoms with van der Waals surface area (Å²) in [5.74, 6) is 0.534. The van der Waals surface area contributed by atoms with E-state index in [9.17, 15) is 0 Å². The predicted molar refractivity (Wildman–Crippen MR) is 111 cm³/mol. The van der Waals surface area contributed by atoms with Crippen molar-refractivity contribution in [3.05, 3.63) is 95.0 Å². The first-order valence-electron chi connectivity index (χ1n) is 8.45. The molecule has 3 aromatic carbocycles. The van der Waals surface area contributed by atoms with E-state index in [0.29, 0.717) is 15.8 Å². The van der Waals surface area contributed by atoms with Crippen LogP contribution in [0.15, 0.2) is 90.0 Å². The minimum atomic E-state index is 0.325. The molecule has 0 fully saturated rings. The first kappa shape index (κ1) is 16.9. The van der Waals surface area contributed by atoms with Crippen molar-refractivity contribution in [1.29, 1.82) is 5.41 Å². The van der Waals surface area contributed by atoms with Gasteiger partial charge in [-0.1, -0.05) is 48.5 Å². The summed E-state index contributed by atoms with van der Waals surface area (Å²) >= 11 is 1.35. The van der Waals surface area contributed by atoms with Crippen molar-refractivity contribution in [3.8, 4) is 0 Å². The van der Waals surface area contributed by atoms with Gasteiger partial charge in [0, 0.05) is 5.69 Å². The minimum Gasteiger partial charge on any atom is -0.338 e. The van der Waals surface area contributed by atoms with E-state index in [0.717, 1.165) is 21.6 Å². The molecule has 0 radical (unpaired) electrons. The topological polar surface area (TPSA) is 73.2 Å². The number of rotatable bonds is 4. The van der Waals surface area contributed by atoms with Gasteiger partial charge in [0.05, 0.1) is 15.9 Å². The molecule has 3 N–H and O–H groups in total. The Morgan fingerprint density at radius 2 is 1.41 bits per heavy atom. The van der Waals surface area contributed by atoms with Gasteiger partial charge in [-0.2, -0.15) is 5.10 Å². The number of benzene rings is 3. The third-order valence-electron chi connectivity index (χ3n) is 3.86. The van der Waals surface area contributed by atoms with Crippen molar-refractivity contribution >= 4 is 38.7 Å². The van der Waals surface area contributed by atoms with Crippen molar-refractivity contribution < 1.29 is 0 Å². The van der Waals surface area contributed by atoms with E-state index in [-0.39, 0.29) is 0 Å². The van der Waals surface area contributed by atoms with Gasteiger partial charge in [-0.05, 0) is 36.4 Å². The third kappa shape index (κ3) is 4.02. The monoisotopic (exact) mass is 371 g/mol. The van der Waals surface area contributed by atoms with Gasteiger partial charge >= 0.3 is 0 Å². The Labute approximate surface area is 160 Å². The molecule has 4 rings (SSSR count). The first-order chi connectivity index (χ1) is 13.3. The second-order valence-electron chi connectivity index (χ2n) is 5.79. The van der Waals surface area contributed by atoms with Crippen molar-refractivity contribution in [2.24, 2.45) is 5.10 Å². The molecule has 0 aliphatic carbocycles. The molecule has 0 unspecified atom stereocenters. The molecule has 1 heterocycles. The third-order valence-corrected chi connectivity index (χ3v) is 4.82. The number of aromatic nitrogens is 1. The SMILES string of the molecule is N=c1sc2ccccc2nc(Nc2ccccc2)/c1=N/Nc1ccccc1. The van der Waals surface area contributed by atoms with Crippen LogP contribution in [0.4, 0.5) is 17.2 Å². The van der Waals surface area contributed by atoms with Gasteiger partial charge in [-0.3, -0.25) is 10.8 Å². The fourth-order valence-corrected chi connectivity index (χ4v) is 3.38. The van der Waals surface area contributed by atoms with Crippen LogP contribution in [0, 0.1) is 5.41 Å². The highest BCUT2D eigenvalue weighted by Crippen LogP contribution is 2.15. The zero-order chi connectivity index (χ0) is 18.5. The molecule has 0 aliphatic rings. The lowest BCUT2D eigenvalue weighted by molar-refractivity contribution is 1.15. The Morgan fingerprint density at radius 3 is 2.15 bits per heavy atom. The van der Waals surface area contributed by atoms with Crippen LogP contribution in [-0.4, -0.2) is 4.98 Å². The molecule has 0 saturated carbocycles. The highest BCUT2D eigenvalue weighted by Gasteiger charge is 2.05. The molecule has 4 aromatic rings. The molecule has 0 amide bonds. The summed E-state index contributed by atoms with van der Waals surface area (Å²) in [5.41, 5.74) is 5.58. The van der Waals surface area contributed by atoms with Gasteiger partial charge in [0.25, 0.3) is 0 Å². The fourth-order valence-electron chi connectivity index (χ4n) is 2.56. The molecular weight excluding hydrogens is 354 g/mol. The maximum absolute atomic E-state index is 8.55. The van der Waals surface area contributed by atoms with Crippen LogP contribution in [0.1, 0.15) is 0 Å². The molecule has 1 aromatic heterocycles. The Morgan fingerprint density at radius 1 is 0.778 bits per heavy atom. The average Bonchev–Trinajstić information content (AvgIpc) is 2.83. The molecule has 0 aliphatic heterocycles. The predicted octanol–water partition coefficient (Wildman–Crippen LogP) is 4.45. The van der Waals surface area contributed by atoms with E-state index >= 15 is 0 Å². The Hall–Kier alpha value is -3.51. The van der Waals surface area contributed by atoms with E-state index in [2.05, 4.69) is 15.8 Å². The summed E-state index contributed by atoms with van der Waals surface area (Å²) in [5, 5.41) is 16.8. The molecule has 0 bridgehead atoms. The largest absolute Gasteiger partial charge is 0.338 e. The summed E-state index contributed by atoms with van der Waals surface area (Å²) in [7, 11) is 0. The second kappa shape index (κ2) is 7.80. The lowest BCUT2D eigenvalue weighted by Crippen LogP contribution is -2.25. The average molecular weight is 371 g/mol. The zero-order valence-corrected chi connectivity index (χ0v) is 15.2. The van der Waals surface area contributed by atoms with Gasteiger partial charge in [0.15, 0.2) is 11.2 Å². The van der Waals surface area contributed by atoms with Crippen molar-refractivity contribution in [3.63, 3.8) is 0 Å². The molecule has 132 valence electrons. The summed E-state index contributed by atoms with van der Waals surface area (Å²) < 4.78 is 1.25. The zero-order valence-electron chi connectivity index (χ0n) is 14.4. The lowest BCUT2D eigenvalue weighted by Gasteiger charge is -2.04. The minimum absolute atomic E-state index is 0.325. The van der Waals surface area contributed by atoms with Crippen molar-refractivity contribution in [1.82, 2.24) is 4.98 Å². The maximum Gasteiger partial charge on any atom is 0.162 e. The number of para-hydroxylation sites is 3. The molecule has 27 heavy (non-hydrogen) atoms. The highest BCUT2D eigenvalue weighted by atomic mass is 32.1. The van der Waals surface area contributed by atoms with Crippen LogP contribution in [-0.2, 0) is 0 Å². The van der Waals surface area contributed by atoms with Crippen LogP contribution in [0.5, 0.6) is 0 Å². The van der Waals surface area contributed by atoms with Gasteiger partial charge in [-0.25, -0.2) is 4.98 Å². The van der Waals surface area contributed by atoms with E-state index in [1.54, 1.807) is 0 Å². The molecule has 5 nitrogen and oxygen atoms in total. The van der Waals surface area contributed by atoms with Gasteiger partial charge in [0.1, 0.15) is 4.67 Å². The Balaban J connectivity index is 1.90. The molecule has 0 spiro atoms. The van der Waals surface area contributed by atoms with Crippen molar-refractivity contribution in [2.45, 2.75) is 0 Å². The van der Waals surface area contributed by atoms with Crippen LogP contribution in [0.25, 0.3) is 10.2 Å². The summed E-state index contributed by atoms with van der Waals surface area (Å²) in [6.45, 7) is 0.